The van der Waals surface area contributed by atoms with Gasteiger partial charge < -0.3 is 5.11 Å². The molecule has 0 unspecified atom stereocenters. The first-order valence-electron chi connectivity index (χ1n) is 3.61. The first kappa shape index (κ1) is 9.47. The van der Waals surface area contributed by atoms with E-state index in [2.05, 4.69) is 0 Å². The Morgan fingerprint density at radius 3 is 2.42 bits per heavy atom. The van der Waals surface area contributed by atoms with E-state index in [9.17, 15) is 13.2 Å². The summed E-state index contributed by atoms with van der Waals surface area (Å²) in [6.07, 6.45) is 1.69. The standard InChI is InChI=1S/C6H11NO4S/c1-7(5-2-3-5)12(10,11)4-6(8)9/h5H,2-4H2,1H3,(H,8,9). The van der Waals surface area contributed by atoms with Crippen LogP contribution >= 0.6 is 0 Å². The zero-order valence-electron chi connectivity index (χ0n) is 6.73. The molecule has 6 heteroatoms. The van der Waals surface area contributed by atoms with Gasteiger partial charge in [0.1, 0.15) is 0 Å². The molecule has 1 rings (SSSR count). The fraction of sp³-hybridized carbons (Fsp3) is 0.833. The lowest BCUT2D eigenvalue weighted by molar-refractivity contribution is -0.134. The van der Waals surface area contributed by atoms with E-state index in [4.69, 9.17) is 5.11 Å². The zero-order chi connectivity index (χ0) is 9.35. The van der Waals surface area contributed by atoms with Gasteiger partial charge in [0.25, 0.3) is 0 Å². The lowest BCUT2D eigenvalue weighted by Crippen LogP contribution is -2.33. The summed E-state index contributed by atoms with van der Waals surface area (Å²) < 4.78 is 23.5. The van der Waals surface area contributed by atoms with Gasteiger partial charge in [-0.05, 0) is 12.8 Å². The van der Waals surface area contributed by atoms with Gasteiger partial charge >= 0.3 is 5.97 Å². The van der Waals surface area contributed by atoms with Crippen LogP contribution in [-0.4, -0.2) is 42.6 Å². The molecule has 70 valence electrons. The van der Waals surface area contributed by atoms with Crippen LogP contribution in [0.2, 0.25) is 0 Å². The van der Waals surface area contributed by atoms with Gasteiger partial charge in [-0.1, -0.05) is 0 Å². The highest BCUT2D eigenvalue weighted by atomic mass is 32.2. The number of carbonyl (C=O) groups is 1. The second kappa shape index (κ2) is 3.02. The average molecular weight is 193 g/mol. The maximum Gasteiger partial charge on any atom is 0.320 e. The van der Waals surface area contributed by atoms with Crippen molar-refractivity contribution in [3.05, 3.63) is 0 Å². The first-order chi connectivity index (χ1) is 5.43. The van der Waals surface area contributed by atoms with Gasteiger partial charge in [0.2, 0.25) is 10.0 Å². The van der Waals surface area contributed by atoms with E-state index in [1.54, 1.807) is 0 Å². The molecule has 1 N–H and O–H groups in total. The molecule has 0 radical (unpaired) electrons. The molecule has 0 aromatic carbocycles. The van der Waals surface area contributed by atoms with Crippen molar-refractivity contribution in [2.75, 3.05) is 12.8 Å². The number of sulfonamides is 1. The third kappa shape index (κ3) is 2.18. The molecule has 1 saturated carbocycles. The van der Waals surface area contributed by atoms with E-state index < -0.39 is 21.7 Å². The van der Waals surface area contributed by atoms with Crippen molar-refractivity contribution in [1.29, 1.82) is 0 Å². The van der Waals surface area contributed by atoms with E-state index in [1.165, 1.54) is 7.05 Å². The number of rotatable bonds is 4. The molecule has 0 spiro atoms. The minimum atomic E-state index is -3.56. The van der Waals surface area contributed by atoms with E-state index in [0.717, 1.165) is 17.1 Å². The van der Waals surface area contributed by atoms with Crippen molar-refractivity contribution in [1.82, 2.24) is 4.31 Å². The van der Waals surface area contributed by atoms with Crippen LogP contribution in [0.3, 0.4) is 0 Å². The predicted octanol–water partition coefficient (Wildman–Crippen LogP) is -0.505. The van der Waals surface area contributed by atoms with Crippen LogP contribution in [-0.2, 0) is 14.8 Å². The molecule has 0 bridgehead atoms. The molecule has 0 aromatic rings. The quantitative estimate of drug-likeness (QED) is 0.652. The number of nitrogens with zero attached hydrogens (tertiary/aromatic N) is 1. The molecule has 5 nitrogen and oxygen atoms in total. The second-order valence-electron chi connectivity index (χ2n) is 2.90. The fourth-order valence-corrected chi connectivity index (χ4v) is 2.10. The molecule has 12 heavy (non-hydrogen) atoms. The third-order valence-electron chi connectivity index (χ3n) is 1.81. The molecule has 1 fully saturated rings. The van der Waals surface area contributed by atoms with E-state index in [1.807, 2.05) is 0 Å². The predicted molar refractivity (Wildman–Crippen MR) is 42.2 cm³/mol. The van der Waals surface area contributed by atoms with Gasteiger partial charge in [-0.25, -0.2) is 12.7 Å². The second-order valence-corrected chi connectivity index (χ2v) is 4.93. The zero-order valence-corrected chi connectivity index (χ0v) is 7.54. The summed E-state index contributed by atoms with van der Waals surface area (Å²) in [5, 5.41) is 8.29. The van der Waals surface area contributed by atoms with Gasteiger partial charge in [-0.2, -0.15) is 0 Å². The maximum absolute atomic E-state index is 11.2. The lowest BCUT2D eigenvalue weighted by atomic mass is 10.7. The number of carboxylic acid groups (broad SMARTS) is 1. The fourth-order valence-electron chi connectivity index (χ4n) is 0.923. The number of hydrogen-bond donors (Lipinski definition) is 1. The van der Waals surface area contributed by atoms with Crippen LogP contribution in [0.15, 0.2) is 0 Å². The number of carboxylic acids is 1. The minimum absolute atomic E-state index is 0.0364. The third-order valence-corrected chi connectivity index (χ3v) is 3.59. The summed E-state index contributed by atoms with van der Waals surface area (Å²) in [7, 11) is -2.14. The summed E-state index contributed by atoms with van der Waals surface area (Å²) in [6, 6.07) is 0.0364. The Labute approximate surface area is 71.0 Å². The van der Waals surface area contributed by atoms with Gasteiger partial charge in [-0.15, -0.1) is 0 Å². The molecule has 1 aliphatic rings. The van der Waals surface area contributed by atoms with Crippen LogP contribution in [0.1, 0.15) is 12.8 Å². The van der Waals surface area contributed by atoms with Crippen molar-refractivity contribution >= 4 is 16.0 Å². The Kier molecular flexibility index (Phi) is 2.39. The summed E-state index contributed by atoms with van der Waals surface area (Å²) in [5.41, 5.74) is 0. The van der Waals surface area contributed by atoms with Crippen LogP contribution < -0.4 is 0 Å². The Balaban J connectivity index is 2.63. The highest BCUT2D eigenvalue weighted by molar-refractivity contribution is 7.89. The van der Waals surface area contributed by atoms with Crippen molar-refractivity contribution in [3.63, 3.8) is 0 Å². The topological polar surface area (TPSA) is 74.7 Å². The van der Waals surface area contributed by atoms with Crippen molar-refractivity contribution in [2.24, 2.45) is 0 Å². The molecule has 0 aromatic heterocycles. The molecular weight excluding hydrogens is 182 g/mol. The van der Waals surface area contributed by atoms with E-state index >= 15 is 0 Å². The molecule has 0 saturated heterocycles. The average Bonchev–Trinajstić information content (AvgIpc) is 2.63. The van der Waals surface area contributed by atoms with Crippen LogP contribution in [0.25, 0.3) is 0 Å². The SMILES string of the molecule is CN(C1CC1)S(=O)(=O)CC(=O)O. The highest BCUT2D eigenvalue weighted by Crippen LogP contribution is 2.27. The lowest BCUT2D eigenvalue weighted by Gasteiger charge is -2.13. The molecule has 0 atom stereocenters. The number of hydrogen-bond acceptors (Lipinski definition) is 3. The van der Waals surface area contributed by atoms with Gasteiger partial charge in [0.05, 0.1) is 0 Å². The molecule has 0 amide bonds. The van der Waals surface area contributed by atoms with Gasteiger partial charge in [0, 0.05) is 13.1 Å². The Hall–Kier alpha value is -0.620. The Morgan fingerprint density at radius 2 is 2.08 bits per heavy atom. The first-order valence-corrected chi connectivity index (χ1v) is 5.22. The molecule has 0 aliphatic heterocycles. The summed E-state index contributed by atoms with van der Waals surface area (Å²) in [5.74, 6) is -2.11. The Bertz CT molecular complexity index is 280. The van der Waals surface area contributed by atoms with Crippen LogP contribution in [0.4, 0.5) is 0 Å². The van der Waals surface area contributed by atoms with Crippen molar-refractivity contribution < 1.29 is 18.3 Å². The number of aliphatic carboxylic acids is 1. The molecule has 0 heterocycles. The van der Waals surface area contributed by atoms with E-state index in [0.29, 0.717) is 0 Å². The molecule has 1 aliphatic carbocycles. The normalized spacial score (nSPS) is 18.2. The minimum Gasteiger partial charge on any atom is -0.480 e. The van der Waals surface area contributed by atoms with Crippen LogP contribution in [0.5, 0.6) is 0 Å². The van der Waals surface area contributed by atoms with Crippen molar-refractivity contribution in [2.45, 2.75) is 18.9 Å². The summed E-state index contributed by atoms with van der Waals surface area (Å²) in [6.45, 7) is 0. The summed E-state index contributed by atoms with van der Waals surface area (Å²) >= 11 is 0. The smallest absolute Gasteiger partial charge is 0.320 e. The van der Waals surface area contributed by atoms with Crippen molar-refractivity contribution in [3.8, 4) is 0 Å². The van der Waals surface area contributed by atoms with Gasteiger partial charge in [-0.3, -0.25) is 4.79 Å². The van der Waals surface area contributed by atoms with Crippen LogP contribution in [0, 0.1) is 0 Å². The summed E-state index contributed by atoms with van der Waals surface area (Å²) in [4.78, 5) is 10.2. The highest BCUT2D eigenvalue weighted by Gasteiger charge is 2.34. The monoisotopic (exact) mass is 193 g/mol. The van der Waals surface area contributed by atoms with E-state index in [-0.39, 0.29) is 6.04 Å². The molecular formula is C6H11NO4S. The maximum atomic E-state index is 11.2. The largest absolute Gasteiger partial charge is 0.480 e. The Morgan fingerprint density at radius 1 is 1.58 bits per heavy atom. The van der Waals surface area contributed by atoms with Gasteiger partial charge in [0.15, 0.2) is 5.75 Å².